The molecule has 0 aliphatic carbocycles. The first-order valence-electron chi connectivity index (χ1n) is 6.75. The lowest BCUT2D eigenvalue weighted by molar-refractivity contribution is 0.592. The van der Waals surface area contributed by atoms with E-state index >= 15 is 0 Å². The summed E-state index contributed by atoms with van der Waals surface area (Å²) in [6.07, 6.45) is 2.52. The number of hydrogen-bond acceptors (Lipinski definition) is 4. The van der Waals surface area contributed by atoms with E-state index in [0.717, 1.165) is 6.26 Å². The second-order valence-corrected chi connectivity index (χ2v) is 8.79. The minimum absolute atomic E-state index is 0.0369. The predicted octanol–water partition coefficient (Wildman–Crippen LogP) is 2.47. The van der Waals surface area contributed by atoms with Crippen molar-refractivity contribution < 1.29 is 16.8 Å². The molecule has 0 unspecified atom stereocenters. The predicted molar refractivity (Wildman–Crippen MR) is 90.7 cm³/mol. The molecule has 0 aliphatic rings. The molecule has 0 N–H and O–H groups in total. The van der Waals surface area contributed by atoms with Gasteiger partial charge in [0.2, 0.25) is 0 Å². The maximum Gasteiger partial charge on any atom is 0.264 e. The average molecular weight is 351 g/mol. The lowest BCUT2D eigenvalue weighted by Crippen LogP contribution is -2.31. The van der Waals surface area contributed by atoms with Crippen molar-refractivity contribution in [3.8, 4) is 0 Å². The average Bonchev–Trinajstić information content (AvgIpc) is 2.52. The Balaban J connectivity index is 2.57. The van der Waals surface area contributed by atoms with E-state index < -0.39 is 19.9 Å². The molecular formula is C16H17NO4S2. The number of nitrogens with zero attached hydrogens (tertiary/aromatic N) is 1. The van der Waals surface area contributed by atoms with Gasteiger partial charge in [-0.25, -0.2) is 16.8 Å². The minimum atomic E-state index is -3.90. The highest BCUT2D eigenvalue weighted by Gasteiger charge is 2.25. The molecule has 122 valence electrons. The fourth-order valence-electron chi connectivity index (χ4n) is 2.05. The van der Waals surface area contributed by atoms with Crippen molar-refractivity contribution in [2.45, 2.75) is 9.79 Å². The van der Waals surface area contributed by atoms with Gasteiger partial charge in [0, 0.05) is 6.26 Å². The SMILES string of the molecule is C=CCN(c1ccccc1)S(=O)(=O)c1cccc(S(C)(=O)=O)c1. The fourth-order valence-corrected chi connectivity index (χ4v) is 4.27. The van der Waals surface area contributed by atoms with Crippen LogP contribution in [0.1, 0.15) is 0 Å². The quantitative estimate of drug-likeness (QED) is 0.750. The normalized spacial score (nSPS) is 11.9. The van der Waals surface area contributed by atoms with E-state index in [2.05, 4.69) is 6.58 Å². The van der Waals surface area contributed by atoms with Gasteiger partial charge in [0.1, 0.15) is 0 Å². The van der Waals surface area contributed by atoms with Crippen LogP contribution in [0.2, 0.25) is 0 Å². The number of sulfonamides is 1. The van der Waals surface area contributed by atoms with Crippen molar-refractivity contribution in [3.05, 3.63) is 67.3 Å². The van der Waals surface area contributed by atoms with Crippen molar-refractivity contribution >= 4 is 25.5 Å². The van der Waals surface area contributed by atoms with Crippen molar-refractivity contribution in [1.82, 2.24) is 0 Å². The highest BCUT2D eigenvalue weighted by molar-refractivity contribution is 7.93. The highest BCUT2D eigenvalue weighted by Crippen LogP contribution is 2.25. The van der Waals surface area contributed by atoms with Crippen LogP contribution in [0.5, 0.6) is 0 Å². The Bertz CT molecular complexity index is 904. The van der Waals surface area contributed by atoms with Crippen LogP contribution in [0, 0.1) is 0 Å². The van der Waals surface area contributed by atoms with Crippen LogP contribution in [0.15, 0.2) is 77.0 Å². The zero-order chi connectivity index (χ0) is 17.1. The molecule has 5 nitrogen and oxygen atoms in total. The van der Waals surface area contributed by atoms with Crippen LogP contribution in [0.4, 0.5) is 5.69 Å². The molecule has 7 heteroatoms. The van der Waals surface area contributed by atoms with E-state index in [9.17, 15) is 16.8 Å². The number of hydrogen-bond donors (Lipinski definition) is 0. The summed E-state index contributed by atoms with van der Waals surface area (Å²) in [5, 5.41) is 0. The summed E-state index contributed by atoms with van der Waals surface area (Å²) < 4.78 is 50.3. The Labute approximate surface area is 136 Å². The third-order valence-corrected chi connectivity index (χ3v) is 6.06. The first-order valence-corrected chi connectivity index (χ1v) is 10.1. The molecule has 0 radical (unpaired) electrons. The molecule has 2 aromatic rings. The van der Waals surface area contributed by atoms with Crippen molar-refractivity contribution in [3.63, 3.8) is 0 Å². The van der Waals surface area contributed by atoms with Crippen LogP contribution in [-0.4, -0.2) is 29.6 Å². The number of rotatable bonds is 6. The molecule has 2 aromatic carbocycles. The van der Waals surface area contributed by atoms with Gasteiger partial charge >= 0.3 is 0 Å². The van der Waals surface area contributed by atoms with Gasteiger partial charge in [0.15, 0.2) is 9.84 Å². The Morgan fingerprint density at radius 3 is 2.13 bits per heavy atom. The summed E-state index contributed by atoms with van der Waals surface area (Å²) in [5.41, 5.74) is 0.483. The minimum Gasteiger partial charge on any atom is -0.263 e. The monoisotopic (exact) mass is 351 g/mol. The Kier molecular flexibility index (Phi) is 4.91. The summed E-state index contributed by atoms with van der Waals surface area (Å²) in [6, 6.07) is 13.9. The standard InChI is InChI=1S/C16H17NO4S2/c1-3-12-17(14-8-5-4-6-9-14)23(20,21)16-11-7-10-15(13-16)22(2,18)19/h3-11,13H,1,12H2,2H3. The number of anilines is 1. The van der Waals surface area contributed by atoms with Crippen LogP contribution in [-0.2, 0) is 19.9 Å². The Morgan fingerprint density at radius 1 is 0.957 bits per heavy atom. The molecule has 0 atom stereocenters. The van der Waals surface area contributed by atoms with Gasteiger partial charge in [0.25, 0.3) is 10.0 Å². The van der Waals surface area contributed by atoms with Gasteiger partial charge in [-0.15, -0.1) is 6.58 Å². The lowest BCUT2D eigenvalue weighted by atomic mass is 10.3. The van der Waals surface area contributed by atoms with Crippen LogP contribution >= 0.6 is 0 Å². The summed E-state index contributed by atoms with van der Waals surface area (Å²) in [7, 11) is -7.39. The summed E-state index contributed by atoms with van der Waals surface area (Å²) in [5.74, 6) is 0. The maximum atomic E-state index is 12.9. The van der Waals surface area contributed by atoms with E-state index in [0.29, 0.717) is 5.69 Å². The zero-order valence-corrected chi connectivity index (χ0v) is 14.2. The molecule has 0 aliphatic heterocycles. The number of benzene rings is 2. The molecule has 0 amide bonds. The van der Waals surface area contributed by atoms with E-state index in [-0.39, 0.29) is 16.3 Å². The van der Waals surface area contributed by atoms with Gasteiger partial charge in [-0.1, -0.05) is 30.3 Å². The van der Waals surface area contributed by atoms with E-state index in [1.807, 2.05) is 0 Å². The van der Waals surface area contributed by atoms with Crippen molar-refractivity contribution in [2.75, 3.05) is 17.1 Å². The second kappa shape index (κ2) is 6.55. The molecule has 0 heterocycles. The van der Waals surface area contributed by atoms with E-state index in [1.54, 1.807) is 30.3 Å². The van der Waals surface area contributed by atoms with E-state index in [4.69, 9.17) is 0 Å². The molecule has 2 rings (SSSR count). The highest BCUT2D eigenvalue weighted by atomic mass is 32.2. The maximum absolute atomic E-state index is 12.9. The first kappa shape index (κ1) is 17.2. The molecule has 23 heavy (non-hydrogen) atoms. The Morgan fingerprint density at radius 2 is 1.57 bits per heavy atom. The topological polar surface area (TPSA) is 71.5 Å². The molecule has 0 spiro atoms. The van der Waals surface area contributed by atoms with Crippen molar-refractivity contribution in [1.29, 1.82) is 0 Å². The first-order chi connectivity index (χ1) is 10.8. The van der Waals surface area contributed by atoms with E-state index in [1.165, 1.54) is 34.6 Å². The molecule has 0 saturated carbocycles. The van der Waals surface area contributed by atoms with Gasteiger partial charge < -0.3 is 0 Å². The summed E-state index contributed by atoms with van der Waals surface area (Å²) >= 11 is 0. The third-order valence-electron chi connectivity index (χ3n) is 3.16. The zero-order valence-electron chi connectivity index (χ0n) is 12.6. The van der Waals surface area contributed by atoms with Crippen LogP contribution in [0.3, 0.4) is 0 Å². The lowest BCUT2D eigenvalue weighted by Gasteiger charge is -2.23. The van der Waals surface area contributed by atoms with Gasteiger partial charge in [-0.2, -0.15) is 0 Å². The number of para-hydroxylation sites is 1. The van der Waals surface area contributed by atoms with Crippen molar-refractivity contribution in [2.24, 2.45) is 0 Å². The second-order valence-electron chi connectivity index (χ2n) is 4.91. The molecule has 0 aromatic heterocycles. The van der Waals surface area contributed by atoms with Gasteiger partial charge in [-0.3, -0.25) is 4.31 Å². The Hall–Kier alpha value is -2.12. The summed E-state index contributed by atoms with van der Waals surface area (Å²) in [6.45, 7) is 3.67. The number of sulfone groups is 1. The van der Waals surface area contributed by atoms with Crippen LogP contribution < -0.4 is 4.31 Å². The third kappa shape index (κ3) is 3.80. The van der Waals surface area contributed by atoms with Gasteiger partial charge in [-0.05, 0) is 30.3 Å². The fraction of sp³-hybridized carbons (Fsp3) is 0.125. The van der Waals surface area contributed by atoms with Gasteiger partial charge in [0.05, 0.1) is 22.0 Å². The molecule has 0 saturated heterocycles. The van der Waals surface area contributed by atoms with Crippen LogP contribution in [0.25, 0.3) is 0 Å². The molecule has 0 bridgehead atoms. The summed E-state index contributed by atoms with van der Waals surface area (Å²) in [4.78, 5) is -0.115. The molecule has 0 fully saturated rings. The largest absolute Gasteiger partial charge is 0.264 e. The smallest absolute Gasteiger partial charge is 0.263 e. The molecular weight excluding hydrogens is 334 g/mol.